The third-order valence-corrected chi connectivity index (χ3v) is 3.44. The van der Waals surface area contributed by atoms with Gasteiger partial charge in [0.05, 0.1) is 12.2 Å². The molecule has 2 rings (SSSR count). The van der Waals surface area contributed by atoms with E-state index in [1.807, 2.05) is 12.1 Å². The van der Waals surface area contributed by atoms with Crippen LogP contribution in [0.2, 0.25) is 0 Å². The number of benzene rings is 1. The molecule has 0 fully saturated rings. The molecule has 18 heavy (non-hydrogen) atoms. The normalized spacial score (nSPS) is 13.4. The van der Waals surface area contributed by atoms with E-state index in [0.29, 0.717) is 5.56 Å². The van der Waals surface area contributed by atoms with Gasteiger partial charge in [-0.05, 0) is 43.4 Å². The van der Waals surface area contributed by atoms with Gasteiger partial charge in [-0.3, -0.25) is 4.79 Å². The predicted octanol–water partition coefficient (Wildman–Crippen LogP) is 3.94. The van der Waals surface area contributed by atoms with Crippen molar-refractivity contribution in [3.63, 3.8) is 0 Å². The van der Waals surface area contributed by atoms with E-state index in [1.54, 1.807) is 6.08 Å². The lowest BCUT2D eigenvalue weighted by molar-refractivity contribution is 0.104. The molecule has 0 amide bonds. The zero-order valence-corrected chi connectivity index (χ0v) is 11.2. The Kier molecular flexibility index (Phi) is 4.19. The van der Waals surface area contributed by atoms with Crippen LogP contribution in [0.5, 0.6) is 5.75 Å². The average Bonchev–Trinajstić information content (AvgIpc) is 2.43. The van der Waals surface area contributed by atoms with Gasteiger partial charge in [0.2, 0.25) is 0 Å². The molecule has 0 spiro atoms. The summed E-state index contributed by atoms with van der Waals surface area (Å²) >= 11 is 0. The van der Waals surface area contributed by atoms with E-state index in [0.717, 1.165) is 43.6 Å². The van der Waals surface area contributed by atoms with Crippen molar-refractivity contribution in [1.29, 1.82) is 0 Å². The number of hydrogen-bond donors (Lipinski definition) is 0. The Bertz CT molecular complexity index is 466. The van der Waals surface area contributed by atoms with Crippen molar-refractivity contribution >= 4 is 5.78 Å². The Hall–Kier alpha value is -1.57. The van der Waals surface area contributed by atoms with Gasteiger partial charge in [-0.15, -0.1) is 0 Å². The van der Waals surface area contributed by atoms with E-state index in [9.17, 15) is 4.79 Å². The van der Waals surface area contributed by atoms with Crippen LogP contribution >= 0.6 is 0 Å². The fraction of sp³-hybridized carbons (Fsp3) is 0.438. The SMILES string of the molecule is CCC(=CC(=O)c1cccc2c1OCCC2)CC. The van der Waals surface area contributed by atoms with Crippen LogP contribution in [-0.4, -0.2) is 12.4 Å². The molecule has 1 aromatic rings. The maximum Gasteiger partial charge on any atom is 0.189 e. The maximum absolute atomic E-state index is 12.3. The Morgan fingerprint density at radius 3 is 2.83 bits per heavy atom. The largest absolute Gasteiger partial charge is 0.493 e. The smallest absolute Gasteiger partial charge is 0.189 e. The summed E-state index contributed by atoms with van der Waals surface area (Å²) in [5, 5.41) is 0. The van der Waals surface area contributed by atoms with Crippen molar-refractivity contribution in [2.24, 2.45) is 0 Å². The topological polar surface area (TPSA) is 26.3 Å². The quantitative estimate of drug-likeness (QED) is 0.592. The first-order valence-corrected chi connectivity index (χ1v) is 6.74. The summed E-state index contributed by atoms with van der Waals surface area (Å²) in [6, 6.07) is 5.87. The highest BCUT2D eigenvalue weighted by Crippen LogP contribution is 2.29. The van der Waals surface area contributed by atoms with Crippen molar-refractivity contribution in [3.8, 4) is 5.75 Å². The van der Waals surface area contributed by atoms with Gasteiger partial charge in [0.25, 0.3) is 0 Å². The number of carbonyl (C=O) groups is 1. The first-order valence-electron chi connectivity index (χ1n) is 6.74. The molecule has 1 heterocycles. The van der Waals surface area contributed by atoms with Crippen LogP contribution in [0.1, 0.15) is 49.0 Å². The molecule has 0 saturated carbocycles. The van der Waals surface area contributed by atoms with Crippen molar-refractivity contribution in [1.82, 2.24) is 0 Å². The van der Waals surface area contributed by atoms with Gasteiger partial charge in [-0.2, -0.15) is 0 Å². The summed E-state index contributed by atoms with van der Waals surface area (Å²) in [7, 11) is 0. The second-order valence-corrected chi connectivity index (χ2v) is 4.62. The van der Waals surface area contributed by atoms with Crippen LogP contribution in [0.25, 0.3) is 0 Å². The second-order valence-electron chi connectivity index (χ2n) is 4.62. The standard InChI is InChI=1S/C16H20O2/c1-3-12(4-2)11-15(17)14-9-5-7-13-8-6-10-18-16(13)14/h5,7,9,11H,3-4,6,8,10H2,1-2H3. The molecule has 0 atom stereocenters. The molecule has 0 N–H and O–H groups in total. The van der Waals surface area contributed by atoms with Crippen LogP contribution in [0, 0.1) is 0 Å². The van der Waals surface area contributed by atoms with Crippen LogP contribution in [-0.2, 0) is 6.42 Å². The van der Waals surface area contributed by atoms with Crippen LogP contribution < -0.4 is 4.74 Å². The molecule has 1 aliphatic heterocycles. The number of ether oxygens (including phenoxy) is 1. The number of fused-ring (bicyclic) bond motifs is 1. The number of rotatable bonds is 4. The molecule has 2 nitrogen and oxygen atoms in total. The minimum Gasteiger partial charge on any atom is -0.493 e. The maximum atomic E-state index is 12.3. The second kappa shape index (κ2) is 5.85. The van der Waals surface area contributed by atoms with Crippen LogP contribution in [0.3, 0.4) is 0 Å². The summed E-state index contributed by atoms with van der Waals surface area (Å²) < 4.78 is 5.67. The molecule has 0 aliphatic carbocycles. The Morgan fingerprint density at radius 2 is 2.11 bits per heavy atom. The molecule has 0 aromatic heterocycles. The lowest BCUT2D eigenvalue weighted by atomic mass is 9.98. The van der Waals surface area contributed by atoms with Gasteiger partial charge in [-0.1, -0.05) is 31.6 Å². The fourth-order valence-electron chi connectivity index (χ4n) is 2.30. The highest BCUT2D eigenvalue weighted by atomic mass is 16.5. The highest BCUT2D eigenvalue weighted by Gasteiger charge is 2.17. The minimum atomic E-state index is 0.0763. The van der Waals surface area contributed by atoms with Gasteiger partial charge in [0, 0.05) is 0 Å². The molecular weight excluding hydrogens is 224 g/mol. The van der Waals surface area contributed by atoms with Crippen molar-refractivity contribution < 1.29 is 9.53 Å². The van der Waals surface area contributed by atoms with Crippen molar-refractivity contribution in [2.75, 3.05) is 6.61 Å². The molecule has 96 valence electrons. The minimum absolute atomic E-state index is 0.0763. The molecule has 2 heteroatoms. The summed E-state index contributed by atoms with van der Waals surface area (Å²) in [6.45, 7) is 4.88. The third kappa shape index (κ3) is 2.63. The van der Waals surface area contributed by atoms with Gasteiger partial charge in [0.15, 0.2) is 5.78 Å². The third-order valence-electron chi connectivity index (χ3n) is 3.44. The van der Waals surface area contributed by atoms with Gasteiger partial charge in [-0.25, -0.2) is 0 Å². The number of hydrogen-bond acceptors (Lipinski definition) is 2. The molecular formula is C16H20O2. The zero-order chi connectivity index (χ0) is 13.0. The molecule has 1 aromatic carbocycles. The van der Waals surface area contributed by atoms with Crippen molar-refractivity contribution in [2.45, 2.75) is 39.5 Å². The van der Waals surface area contributed by atoms with Crippen LogP contribution in [0.15, 0.2) is 29.8 Å². The molecule has 0 saturated heterocycles. The van der Waals surface area contributed by atoms with E-state index < -0.39 is 0 Å². The van der Waals surface area contributed by atoms with Gasteiger partial charge < -0.3 is 4.74 Å². The van der Waals surface area contributed by atoms with E-state index in [-0.39, 0.29) is 5.78 Å². The first-order chi connectivity index (χ1) is 8.76. The van der Waals surface area contributed by atoms with Gasteiger partial charge in [0.1, 0.15) is 5.75 Å². The van der Waals surface area contributed by atoms with E-state index >= 15 is 0 Å². The predicted molar refractivity (Wildman–Crippen MR) is 73.3 cm³/mol. The van der Waals surface area contributed by atoms with E-state index in [1.165, 1.54) is 5.57 Å². The summed E-state index contributed by atoms with van der Waals surface area (Å²) in [5.41, 5.74) is 3.06. The highest BCUT2D eigenvalue weighted by molar-refractivity contribution is 6.07. The number of ketones is 1. The molecule has 0 bridgehead atoms. The molecule has 0 radical (unpaired) electrons. The van der Waals surface area contributed by atoms with E-state index in [2.05, 4.69) is 19.9 Å². The first kappa shape index (κ1) is 12.9. The van der Waals surface area contributed by atoms with Crippen LogP contribution in [0.4, 0.5) is 0 Å². The van der Waals surface area contributed by atoms with Gasteiger partial charge >= 0.3 is 0 Å². The fourth-order valence-corrected chi connectivity index (χ4v) is 2.30. The summed E-state index contributed by atoms with van der Waals surface area (Å²) in [4.78, 5) is 12.3. The number of allylic oxidation sites excluding steroid dienone is 2. The monoisotopic (exact) mass is 244 g/mol. The Labute approximate surface area is 109 Å². The number of aryl methyl sites for hydroxylation is 1. The lowest BCUT2D eigenvalue weighted by Crippen LogP contribution is -2.12. The summed E-state index contributed by atoms with van der Waals surface area (Å²) in [6.07, 6.45) is 5.67. The zero-order valence-electron chi connectivity index (χ0n) is 11.2. The average molecular weight is 244 g/mol. The number of carbonyl (C=O) groups excluding carboxylic acids is 1. The lowest BCUT2D eigenvalue weighted by Gasteiger charge is -2.19. The van der Waals surface area contributed by atoms with Crippen molar-refractivity contribution in [3.05, 3.63) is 41.0 Å². The van der Waals surface area contributed by atoms with E-state index in [4.69, 9.17) is 4.74 Å². The Morgan fingerprint density at radius 1 is 1.33 bits per heavy atom. The Balaban J connectivity index is 2.33. The number of para-hydroxylation sites is 1. The molecule has 0 unspecified atom stereocenters. The summed E-state index contributed by atoms with van der Waals surface area (Å²) in [5.74, 6) is 0.879. The molecule has 1 aliphatic rings.